The van der Waals surface area contributed by atoms with Gasteiger partial charge >= 0.3 is 7.60 Å². The van der Waals surface area contributed by atoms with E-state index in [1.165, 1.54) is 5.56 Å². The van der Waals surface area contributed by atoms with Crippen LogP contribution in [0.5, 0.6) is 0 Å². The predicted molar refractivity (Wildman–Crippen MR) is 66.2 cm³/mol. The molecule has 0 aliphatic rings. The monoisotopic (exact) mass is 242 g/mol. The molecule has 0 heterocycles. The number of rotatable bonds is 4. The lowest BCUT2D eigenvalue weighted by molar-refractivity contribution is 0.387. The van der Waals surface area contributed by atoms with Gasteiger partial charge in [-0.2, -0.15) is 0 Å². The second-order valence-corrected chi connectivity index (χ2v) is 5.71. The van der Waals surface area contributed by atoms with Crippen molar-refractivity contribution in [3.63, 3.8) is 0 Å². The normalized spacial score (nSPS) is 11.8. The van der Waals surface area contributed by atoms with Crippen LogP contribution in [-0.4, -0.2) is 9.79 Å². The van der Waals surface area contributed by atoms with Crippen molar-refractivity contribution in [2.24, 2.45) is 0 Å². The quantitative estimate of drug-likeness (QED) is 0.797. The maximum atomic E-state index is 11.2. The molecule has 0 spiro atoms. The smallest absolute Gasteiger partial charge is 0.321 e. The van der Waals surface area contributed by atoms with Crippen LogP contribution in [-0.2, 0) is 11.0 Å². The van der Waals surface area contributed by atoms with E-state index in [9.17, 15) is 14.4 Å². The van der Waals surface area contributed by atoms with Gasteiger partial charge in [0.25, 0.3) is 0 Å². The molecule has 0 atom stereocenters. The van der Waals surface area contributed by atoms with Crippen molar-refractivity contribution in [3.8, 4) is 0 Å². The summed E-state index contributed by atoms with van der Waals surface area (Å²) in [7, 11) is -4.13. The summed E-state index contributed by atoms with van der Waals surface area (Å²) in [6, 6.07) is 3.40. The summed E-state index contributed by atoms with van der Waals surface area (Å²) >= 11 is 0. The lowest BCUT2D eigenvalue weighted by Gasteiger charge is -2.14. The Hall–Kier alpha value is -0.630. The van der Waals surface area contributed by atoms with Crippen LogP contribution in [0.25, 0.3) is 0 Å². The topological polar surface area (TPSA) is 57.5 Å². The minimum Gasteiger partial charge on any atom is -0.321 e. The molecule has 0 amide bonds. The fourth-order valence-electron chi connectivity index (χ4n) is 1.82. The van der Waals surface area contributed by atoms with Gasteiger partial charge in [0.05, 0.1) is 5.30 Å². The third-order valence-electron chi connectivity index (χ3n) is 2.98. The molecule has 0 aromatic heterocycles. The average Bonchev–Trinajstić information content (AvgIpc) is 2.18. The third kappa shape index (κ3) is 2.94. The van der Waals surface area contributed by atoms with Gasteiger partial charge in [-0.25, -0.2) is 0 Å². The van der Waals surface area contributed by atoms with Gasteiger partial charge in [0.1, 0.15) is 0 Å². The van der Waals surface area contributed by atoms with Crippen molar-refractivity contribution in [1.82, 2.24) is 0 Å². The molecule has 0 saturated carbocycles. The minimum atomic E-state index is -4.13. The van der Waals surface area contributed by atoms with Gasteiger partial charge in [0.15, 0.2) is 0 Å². The van der Waals surface area contributed by atoms with Gasteiger partial charge in [-0.3, -0.25) is 4.57 Å². The van der Waals surface area contributed by atoms with Gasteiger partial charge < -0.3 is 9.79 Å². The van der Waals surface area contributed by atoms with Crippen LogP contribution in [0.3, 0.4) is 0 Å². The molecule has 4 heteroatoms. The zero-order valence-electron chi connectivity index (χ0n) is 10.0. The first kappa shape index (κ1) is 13.4. The molecule has 0 aliphatic carbocycles. The highest BCUT2D eigenvalue weighted by atomic mass is 31.2. The van der Waals surface area contributed by atoms with E-state index in [0.717, 1.165) is 30.4 Å². The summed E-state index contributed by atoms with van der Waals surface area (Å²) in [5, 5.41) is 0.158. The van der Waals surface area contributed by atoms with Crippen LogP contribution in [0, 0.1) is 13.8 Å². The molecule has 0 unspecified atom stereocenters. The minimum absolute atomic E-state index is 0.158. The maximum Gasteiger partial charge on any atom is 0.356 e. The number of hydrogen-bond donors (Lipinski definition) is 2. The Bertz CT molecular complexity index is 421. The molecule has 1 aromatic carbocycles. The lowest BCUT2D eigenvalue weighted by atomic mass is 9.99. The molecule has 0 radical (unpaired) electrons. The standard InChI is InChI=1S/C12H19O3P/c1-4-5-6-11-7-8-12(16(13,14)15)10(3)9(11)2/h7-8H,4-6H2,1-3H3,(H2,13,14,15). The Kier molecular flexibility index (Phi) is 4.31. The van der Waals surface area contributed by atoms with E-state index < -0.39 is 7.60 Å². The van der Waals surface area contributed by atoms with Crippen LogP contribution < -0.4 is 5.30 Å². The number of aryl methyl sites for hydroxylation is 1. The molecular weight excluding hydrogens is 223 g/mol. The molecule has 3 nitrogen and oxygen atoms in total. The molecule has 1 rings (SSSR count). The summed E-state index contributed by atoms with van der Waals surface area (Å²) in [5.74, 6) is 0. The predicted octanol–water partition coefficient (Wildman–Crippen LogP) is 2.45. The first-order valence-corrected chi connectivity index (χ1v) is 7.14. The van der Waals surface area contributed by atoms with Crippen molar-refractivity contribution < 1.29 is 14.4 Å². The number of hydrogen-bond acceptors (Lipinski definition) is 1. The summed E-state index contributed by atoms with van der Waals surface area (Å²) in [6.45, 7) is 5.84. The van der Waals surface area contributed by atoms with Crippen molar-refractivity contribution in [2.45, 2.75) is 40.0 Å². The van der Waals surface area contributed by atoms with Crippen LogP contribution >= 0.6 is 7.60 Å². The molecule has 90 valence electrons. The van der Waals surface area contributed by atoms with E-state index in [-0.39, 0.29) is 5.30 Å². The highest BCUT2D eigenvalue weighted by Crippen LogP contribution is 2.35. The number of benzene rings is 1. The van der Waals surface area contributed by atoms with Gasteiger partial charge in [0.2, 0.25) is 0 Å². The van der Waals surface area contributed by atoms with Crippen molar-refractivity contribution in [3.05, 3.63) is 28.8 Å². The van der Waals surface area contributed by atoms with Gasteiger partial charge in [0, 0.05) is 0 Å². The highest BCUT2D eigenvalue weighted by Gasteiger charge is 2.21. The van der Waals surface area contributed by atoms with Gasteiger partial charge in [-0.15, -0.1) is 0 Å². The van der Waals surface area contributed by atoms with Crippen LogP contribution in [0.2, 0.25) is 0 Å². The van der Waals surface area contributed by atoms with Crippen molar-refractivity contribution in [1.29, 1.82) is 0 Å². The van der Waals surface area contributed by atoms with E-state index in [2.05, 4.69) is 6.92 Å². The van der Waals surface area contributed by atoms with Gasteiger partial charge in [-0.1, -0.05) is 19.4 Å². The summed E-state index contributed by atoms with van der Waals surface area (Å²) in [4.78, 5) is 18.3. The molecule has 0 fully saturated rings. The first-order chi connectivity index (χ1) is 7.38. The van der Waals surface area contributed by atoms with E-state index in [0.29, 0.717) is 0 Å². The molecule has 0 saturated heterocycles. The zero-order valence-corrected chi connectivity index (χ0v) is 10.9. The Balaban J connectivity index is 3.14. The zero-order chi connectivity index (χ0) is 12.3. The lowest BCUT2D eigenvalue weighted by Crippen LogP contribution is -2.11. The molecule has 2 N–H and O–H groups in total. The Morgan fingerprint density at radius 3 is 2.31 bits per heavy atom. The first-order valence-electron chi connectivity index (χ1n) is 5.53. The van der Waals surface area contributed by atoms with Crippen molar-refractivity contribution >= 4 is 12.9 Å². The largest absolute Gasteiger partial charge is 0.356 e. The summed E-state index contributed by atoms with van der Waals surface area (Å²) < 4.78 is 11.2. The maximum absolute atomic E-state index is 11.2. The third-order valence-corrected chi connectivity index (χ3v) is 4.10. The van der Waals surface area contributed by atoms with E-state index in [4.69, 9.17) is 0 Å². The Morgan fingerprint density at radius 1 is 1.19 bits per heavy atom. The van der Waals surface area contributed by atoms with Crippen LogP contribution in [0.1, 0.15) is 36.5 Å². The van der Waals surface area contributed by atoms with Crippen molar-refractivity contribution in [2.75, 3.05) is 0 Å². The molecule has 0 aliphatic heterocycles. The Labute approximate surface area is 96.7 Å². The molecule has 1 aromatic rings. The second-order valence-electron chi connectivity index (χ2n) is 4.14. The molecule has 0 bridgehead atoms. The highest BCUT2D eigenvalue weighted by molar-refractivity contribution is 7.60. The van der Waals surface area contributed by atoms with Crippen LogP contribution in [0.15, 0.2) is 12.1 Å². The molecule has 16 heavy (non-hydrogen) atoms. The fraction of sp³-hybridized carbons (Fsp3) is 0.500. The average molecular weight is 242 g/mol. The second kappa shape index (κ2) is 5.13. The number of unbranched alkanes of at least 4 members (excludes halogenated alkanes) is 1. The fourth-order valence-corrected chi connectivity index (χ4v) is 2.69. The summed E-state index contributed by atoms with van der Waals surface area (Å²) in [6.07, 6.45) is 3.21. The van der Waals surface area contributed by atoms with E-state index in [1.807, 2.05) is 13.0 Å². The van der Waals surface area contributed by atoms with Crippen LogP contribution in [0.4, 0.5) is 0 Å². The SMILES string of the molecule is CCCCc1ccc(P(=O)(O)O)c(C)c1C. The molecular formula is C12H19O3P. The Morgan fingerprint density at radius 2 is 1.81 bits per heavy atom. The summed E-state index contributed by atoms with van der Waals surface area (Å²) in [5.41, 5.74) is 2.92. The van der Waals surface area contributed by atoms with E-state index in [1.54, 1.807) is 13.0 Å². The van der Waals surface area contributed by atoms with E-state index >= 15 is 0 Å². The van der Waals surface area contributed by atoms with Gasteiger partial charge in [-0.05, 0) is 49.4 Å².